The van der Waals surface area contributed by atoms with Crippen LogP contribution in [0, 0.1) is 13.2 Å². The minimum Gasteiger partial charge on any atom is -0.515 e. The first kappa shape index (κ1) is 22.4. The van der Waals surface area contributed by atoms with Gasteiger partial charge in [0.1, 0.15) is 0 Å². The monoisotopic (exact) mass is 180 g/mol. The molecule has 0 aliphatic carbocycles. The molecule has 0 heterocycles. The summed E-state index contributed by atoms with van der Waals surface area (Å²) in [6.45, 7) is 17.5. The molecule has 0 atom stereocenters. The Labute approximate surface area is 87.8 Å². The standard InChI is InChI=1S/2C4H7.Cu.Li/c2*1-4(2)3;;/h2*1H,2-3H3;;/q2*-1;2*+1. The van der Waals surface area contributed by atoms with Crippen LogP contribution in [0.4, 0.5) is 0 Å². The van der Waals surface area contributed by atoms with Crippen LogP contribution in [0.15, 0.2) is 11.1 Å². The van der Waals surface area contributed by atoms with Crippen LogP contribution in [0.5, 0.6) is 0 Å². The Morgan fingerprint density at radius 3 is 0.800 bits per heavy atom. The topological polar surface area (TPSA) is 0 Å². The van der Waals surface area contributed by atoms with E-state index < -0.39 is 0 Å². The molecule has 0 amide bonds. The van der Waals surface area contributed by atoms with Gasteiger partial charge in [-0.1, -0.05) is 27.7 Å². The maximum Gasteiger partial charge on any atom is 1.00 e. The Morgan fingerprint density at radius 1 is 0.800 bits per heavy atom. The molecular weight excluding hydrogens is 167 g/mol. The van der Waals surface area contributed by atoms with Gasteiger partial charge in [-0.2, -0.15) is 0 Å². The van der Waals surface area contributed by atoms with Crippen LogP contribution < -0.4 is 18.9 Å². The predicted octanol–water partition coefficient (Wildman–Crippen LogP) is -0.227. The van der Waals surface area contributed by atoms with Gasteiger partial charge in [-0.3, -0.25) is 11.1 Å². The zero-order valence-corrected chi connectivity index (χ0v) is 8.40. The van der Waals surface area contributed by atoms with E-state index in [4.69, 9.17) is 13.2 Å². The molecule has 10 heavy (non-hydrogen) atoms. The van der Waals surface area contributed by atoms with Crippen molar-refractivity contribution < 1.29 is 35.9 Å². The van der Waals surface area contributed by atoms with Crippen molar-refractivity contribution in [1.82, 2.24) is 0 Å². The van der Waals surface area contributed by atoms with Crippen LogP contribution in [-0.4, -0.2) is 0 Å². The van der Waals surface area contributed by atoms with E-state index in [2.05, 4.69) is 0 Å². The van der Waals surface area contributed by atoms with E-state index in [0.717, 1.165) is 11.1 Å². The van der Waals surface area contributed by atoms with Crippen molar-refractivity contribution in [2.75, 3.05) is 0 Å². The molecule has 0 N–H and O–H groups in total. The Kier molecular flexibility index (Phi) is 36.6. The van der Waals surface area contributed by atoms with Crippen LogP contribution in [0.3, 0.4) is 0 Å². The predicted molar refractivity (Wildman–Crippen MR) is 38.3 cm³/mol. The van der Waals surface area contributed by atoms with Gasteiger partial charge in [0, 0.05) is 0 Å². The molecule has 0 spiro atoms. The molecular formula is C8H14CuLi. The van der Waals surface area contributed by atoms with Gasteiger partial charge in [-0.05, 0) is 0 Å². The number of allylic oxidation sites excluding steroid dienone is 2. The Balaban J connectivity index is -0.0000000300. The summed E-state index contributed by atoms with van der Waals surface area (Å²) in [5, 5.41) is 0. The maximum atomic E-state index is 5.03. The molecule has 0 saturated carbocycles. The molecule has 0 bridgehead atoms. The molecule has 0 unspecified atom stereocenters. The van der Waals surface area contributed by atoms with Crippen molar-refractivity contribution in [3.63, 3.8) is 0 Å². The molecule has 0 fully saturated rings. The molecule has 0 aromatic carbocycles. The Bertz CT molecular complexity index is 67.3. The van der Waals surface area contributed by atoms with E-state index in [0.29, 0.717) is 0 Å². The minimum absolute atomic E-state index is 0. The quantitative estimate of drug-likeness (QED) is 0.357. The van der Waals surface area contributed by atoms with Gasteiger partial charge in [0.25, 0.3) is 0 Å². The van der Waals surface area contributed by atoms with Crippen LogP contribution in [0.25, 0.3) is 0 Å². The smallest absolute Gasteiger partial charge is 0.515 e. The van der Waals surface area contributed by atoms with Gasteiger partial charge in [-0.25, -0.2) is 0 Å². The van der Waals surface area contributed by atoms with Crippen molar-refractivity contribution in [2.45, 2.75) is 27.7 Å². The summed E-state index contributed by atoms with van der Waals surface area (Å²) in [6.07, 6.45) is 0. The number of rotatable bonds is 0. The van der Waals surface area contributed by atoms with Crippen LogP contribution in [-0.2, 0) is 17.1 Å². The summed E-state index contributed by atoms with van der Waals surface area (Å²) >= 11 is 0. The third-order valence-electron chi connectivity index (χ3n) is 0. The summed E-state index contributed by atoms with van der Waals surface area (Å²) in [6, 6.07) is 0. The first-order valence-corrected chi connectivity index (χ1v) is 2.58. The van der Waals surface area contributed by atoms with Gasteiger partial charge in [0.15, 0.2) is 0 Å². The third-order valence-corrected chi connectivity index (χ3v) is 0. The zero-order chi connectivity index (χ0) is 7.15. The van der Waals surface area contributed by atoms with Crippen LogP contribution >= 0.6 is 0 Å². The van der Waals surface area contributed by atoms with E-state index in [1.165, 1.54) is 0 Å². The van der Waals surface area contributed by atoms with Crippen molar-refractivity contribution in [2.24, 2.45) is 0 Å². The van der Waals surface area contributed by atoms with Gasteiger partial charge in [0.2, 0.25) is 0 Å². The van der Waals surface area contributed by atoms with E-state index in [-0.39, 0.29) is 35.9 Å². The third kappa shape index (κ3) is 1390. The zero-order valence-electron chi connectivity index (χ0n) is 7.46. The summed E-state index contributed by atoms with van der Waals surface area (Å²) in [4.78, 5) is 0. The van der Waals surface area contributed by atoms with E-state index in [9.17, 15) is 0 Å². The van der Waals surface area contributed by atoms with E-state index >= 15 is 0 Å². The summed E-state index contributed by atoms with van der Waals surface area (Å²) < 4.78 is 0. The molecule has 0 aromatic heterocycles. The molecule has 0 saturated heterocycles. The van der Waals surface area contributed by atoms with Gasteiger partial charge in [0.05, 0.1) is 0 Å². The molecule has 0 aliphatic rings. The second kappa shape index (κ2) is 16.3. The largest absolute Gasteiger partial charge is 1.00 e. The van der Waals surface area contributed by atoms with Crippen LogP contribution in [0.1, 0.15) is 27.7 Å². The summed E-state index contributed by atoms with van der Waals surface area (Å²) in [7, 11) is 0. The molecule has 2 heteroatoms. The fraction of sp³-hybridized carbons (Fsp3) is 0.500. The summed E-state index contributed by atoms with van der Waals surface area (Å²) in [5.41, 5.74) is 1.83. The Hall–Kier alpha value is 0.597. The van der Waals surface area contributed by atoms with E-state index in [1.54, 1.807) is 0 Å². The van der Waals surface area contributed by atoms with Gasteiger partial charge in [-0.15, -0.1) is 0 Å². The molecule has 0 aliphatic heterocycles. The molecule has 58 valence electrons. The van der Waals surface area contributed by atoms with E-state index in [1.807, 2.05) is 27.7 Å². The fourth-order valence-corrected chi connectivity index (χ4v) is 0. The molecule has 0 rings (SSSR count). The average Bonchev–Trinajstić information content (AvgIpc) is 1.25. The van der Waals surface area contributed by atoms with Crippen molar-refractivity contribution >= 4 is 0 Å². The van der Waals surface area contributed by atoms with Crippen LogP contribution in [0.2, 0.25) is 0 Å². The average molecular weight is 181 g/mol. The van der Waals surface area contributed by atoms with Crippen molar-refractivity contribution in [3.05, 3.63) is 24.3 Å². The van der Waals surface area contributed by atoms with Crippen molar-refractivity contribution in [3.8, 4) is 0 Å². The minimum atomic E-state index is 0. The normalized spacial score (nSPS) is 5.20. The first-order valence-electron chi connectivity index (χ1n) is 2.58. The maximum absolute atomic E-state index is 5.03. The SMILES string of the molecule is [CH-]=C(C)C.[CH-]=C(C)C.[Cu+].[Li+]. The first-order chi connectivity index (χ1) is 3.46. The summed E-state index contributed by atoms with van der Waals surface area (Å²) in [5.74, 6) is 0. The second-order valence-corrected chi connectivity index (χ2v) is 2.15. The van der Waals surface area contributed by atoms with Gasteiger partial charge >= 0.3 is 35.9 Å². The molecule has 0 radical (unpaired) electrons. The van der Waals surface area contributed by atoms with Gasteiger partial charge < -0.3 is 13.2 Å². The molecule has 0 nitrogen and oxygen atoms in total. The number of hydrogen-bond acceptors (Lipinski definition) is 0. The fourth-order valence-electron chi connectivity index (χ4n) is 0. The second-order valence-electron chi connectivity index (χ2n) is 2.15. The van der Waals surface area contributed by atoms with Crippen molar-refractivity contribution in [1.29, 1.82) is 0 Å². The Morgan fingerprint density at radius 2 is 0.800 bits per heavy atom. The molecule has 0 aromatic rings. The number of hydrogen-bond donors (Lipinski definition) is 0.